The van der Waals surface area contributed by atoms with Gasteiger partial charge in [-0.3, -0.25) is 4.90 Å². The first kappa shape index (κ1) is 21.5. The van der Waals surface area contributed by atoms with Gasteiger partial charge in [-0.2, -0.15) is 5.26 Å². The number of halogens is 2. The standard InChI is InChI=1S/C19H23N3O.2ClH/c1-2-23-18-8-7-15-5-3-4-6-16(15)19(18)17(9-10-20)22-13-11-21-12-14-22;;/h3-8,17,21H,2,9,11-14H2,1H3;2*1H/t17-;;/m1../s1. The van der Waals surface area contributed by atoms with Gasteiger partial charge in [0, 0.05) is 31.7 Å². The van der Waals surface area contributed by atoms with Crippen molar-refractivity contribution in [2.24, 2.45) is 0 Å². The molecular weight excluding hydrogens is 357 g/mol. The van der Waals surface area contributed by atoms with Crippen LogP contribution < -0.4 is 10.1 Å². The Morgan fingerprint density at radius 1 is 1.16 bits per heavy atom. The Bertz CT molecular complexity index is 711. The van der Waals surface area contributed by atoms with Crippen LogP contribution in [-0.4, -0.2) is 37.7 Å². The number of ether oxygens (including phenoxy) is 1. The number of hydrogen-bond acceptors (Lipinski definition) is 4. The maximum Gasteiger partial charge on any atom is 0.124 e. The van der Waals surface area contributed by atoms with Crippen LogP contribution in [0.15, 0.2) is 36.4 Å². The van der Waals surface area contributed by atoms with Gasteiger partial charge in [0.2, 0.25) is 0 Å². The Morgan fingerprint density at radius 3 is 2.56 bits per heavy atom. The third kappa shape index (κ3) is 4.77. The van der Waals surface area contributed by atoms with Gasteiger partial charge < -0.3 is 10.1 Å². The van der Waals surface area contributed by atoms with E-state index in [-0.39, 0.29) is 30.9 Å². The molecule has 1 heterocycles. The molecule has 0 bridgehead atoms. The minimum atomic E-state index is 0. The van der Waals surface area contributed by atoms with Crippen LogP contribution in [0.2, 0.25) is 0 Å². The number of rotatable bonds is 5. The smallest absolute Gasteiger partial charge is 0.124 e. The molecule has 6 heteroatoms. The monoisotopic (exact) mass is 381 g/mol. The fraction of sp³-hybridized carbons (Fsp3) is 0.421. The molecular formula is C19H25Cl2N3O. The quantitative estimate of drug-likeness (QED) is 0.851. The topological polar surface area (TPSA) is 48.3 Å². The summed E-state index contributed by atoms with van der Waals surface area (Å²) in [5.41, 5.74) is 1.16. The Balaban J connectivity index is 0.00000156. The molecule has 1 N–H and O–H groups in total. The van der Waals surface area contributed by atoms with E-state index in [1.165, 1.54) is 10.8 Å². The molecule has 0 aromatic heterocycles. The van der Waals surface area contributed by atoms with Gasteiger partial charge in [-0.25, -0.2) is 0 Å². The van der Waals surface area contributed by atoms with Gasteiger partial charge >= 0.3 is 0 Å². The molecule has 1 fully saturated rings. The second-order valence-corrected chi connectivity index (χ2v) is 5.80. The fourth-order valence-corrected chi connectivity index (χ4v) is 3.39. The summed E-state index contributed by atoms with van der Waals surface area (Å²) in [6.45, 7) is 6.49. The molecule has 0 unspecified atom stereocenters. The molecule has 2 aromatic carbocycles. The van der Waals surface area contributed by atoms with Crippen LogP contribution in [0.1, 0.15) is 24.9 Å². The van der Waals surface area contributed by atoms with Crippen molar-refractivity contribution in [2.75, 3.05) is 32.8 Å². The van der Waals surface area contributed by atoms with E-state index >= 15 is 0 Å². The van der Waals surface area contributed by atoms with Crippen molar-refractivity contribution in [1.29, 1.82) is 5.26 Å². The van der Waals surface area contributed by atoms with Crippen molar-refractivity contribution in [3.8, 4) is 11.8 Å². The molecule has 0 spiro atoms. The maximum absolute atomic E-state index is 9.39. The largest absolute Gasteiger partial charge is 0.494 e. The first-order valence-corrected chi connectivity index (χ1v) is 8.31. The number of nitrogens with one attached hydrogen (secondary N) is 1. The second-order valence-electron chi connectivity index (χ2n) is 5.80. The lowest BCUT2D eigenvalue weighted by atomic mass is 9.94. The first-order valence-electron chi connectivity index (χ1n) is 8.31. The van der Waals surface area contributed by atoms with Gasteiger partial charge in [0.1, 0.15) is 5.75 Å². The Kier molecular flexibility index (Phi) is 9.02. The maximum atomic E-state index is 9.39. The van der Waals surface area contributed by atoms with E-state index in [0.29, 0.717) is 13.0 Å². The summed E-state index contributed by atoms with van der Waals surface area (Å²) < 4.78 is 5.91. The zero-order valence-electron chi connectivity index (χ0n) is 14.4. The van der Waals surface area contributed by atoms with Crippen LogP contribution in [0.5, 0.6) is 5.75 Å². The molecule has 1 aliphatic rings. The van der Waals surface area contributed by atoms with Gasteiger partial charge in [0.05, 0.1) is 25.1 Å². The van der Waals surface area contributed by atoms with Crippen LogP contribution in [0.25, 0.3) is 10.8 Å². The highest BCUT2D eigenvalue weighted by atomic mass is 35.5. The van der Waals surface area contributed by atoms with E-state index in [9.17, 15) is 5.26 Å². The molecule has 25 heavy (non-hydrogen) atoms. The van der Waals surface area contributed by atoms with Crippen molar-refractivity contribution in [3.05, 3.63) is 42.0 Å². The van der Waals surface area contributed by atoms with Crippen LogP contribution in [0.3, 0.4) is 0 Å². The molecule has 136 valence electrons. The third-order valence-electron chi connectivity index (χ3n) is 4.44. The lowest BCUT2D eigenvalue weighted by Crippen LogP contribution is -2.45. The van der Waals surface area contributed by atoms with Gasteiger partial charge in [0.15, 0.2) is 0 Å². The van der Waals surface area contributed by atoms with Crippen molar-refractivity contribution in [1.82, 2.24) is 10.2 Å². The lowest BCUT2D eigenvalue weighted by Gasteiger charge is -2.35. The van der Waals surface area contributed by atoms with Gasteiger partial charge in [-0.05, 0) is 23.8 Å². The van der Waals surface area contributed by atoms with Crippen molar-refractivity contribution >= 4 is 35.6 Å². The summed E-state index contributed by atoms with van der Waals surface area (Å²) in [6, 6.07) is 15.0. The number of fused-ring (bicyclic) bond motifs is 1. The molecule has 2 aromatic rings. The van der Waals surface area contributed by atoms with E-state index in [1.54, 1.807) is 0 Å². The fourth-order valence-electron chi connectivity index (χ4n) is 3.39. The summed E-state index contributed by atoms with van der Waals surface area (Å²) in [5.74, 6) is 0.907. The predicted octanol–water partition coefficient (Wildman–Crippen LogP) is 3.94. The van der Waals surface area contributed by atoms with Crippen LogP contribution >= 0.6 is 24.8 Å². The molecule has 1 atom stereocenters. The Labute approximate surface area is 162 Å². The van der Waals surface area contributed by atoms with Gasteiger partial charge in [-0.1, -0.05) is 30.3 Å². The average Bonchev–Trinajstić information content (AvgIpc) is 2.61. The van der Waals surface area contributed by atoms with Crippen LogP contribution in [-0.2, 0) is 0 Å². The first-order chi connectivity index (χ1) is 11.3. The van der Waals surface area contributed by atoms with E-state index in [2.05, 4.69) is 46.6 Å². The number of piperazine rings is 1. The summed E-state index contributed by atoms with van der Waals surface area (Å²) in [7, 11) is 0. The lowest BCUT2D eigenvalue weighted by molar-refractivity contribution is 0.173. The molecule has 0 aliphatic carbocycles. The summed E-state index contributed by atoms with van der Waals surface area (Å²) in [4.78, 5) is 2.41. The highest BCUT2D eigenvalue weighted by molar-refractivity contribution is 5.88. The molecule has 1 saturated heterocycles. The van der Waals surface area contributed by atoms with Crippen molar-refractivity contribution in [3.63, 3.8) is 0 Å². The SMILES string of the molecule is CCOc1ccc2ccccc2c1[C@@H](CC#N)N1CCNCC1.Cl.Cl. The Morgan fingerprint density at radius 2 is 1.88 bits per heavy atom. The highest BCUT2D eigenvalue weighted by Crippen LogP contribution is 2.37. The molecule has 1 aliphatic heterocycles. The van der Waals surface area contributed by atoms with E-state index in [4.69, 9.17) is 4.74 Å². The Hall–Kier alpha value is -1.51. The number of nitrogens with zero attached hydrogens (tertiary/aromatic N) is 2. The minimum absolute atomic E-state index is 0. The molecule has 4 nitrogen and oxygen atoms in total. The normalized spacial score (nSPS) is 15.5. The van der Waals surface area contributed by atoms with E-state index < -0.39 is 0 Å². The minimum Gasteiger partial charge on any atom is -0.494 e. The van der Waals surface area contributed by atoms with Gasteiger partial charge in [0.25, 0.3) is 0 Å². The molecule has 3 rings (SSSR count). The summed E-state index contributed by atoms with van der Waals surface area (Å²) in [6.07, 6.45) is 0.480. The third-order valence-corrected chi connectivity index (χ3v) is 4.44. The second kappa shape index (κ2) is 10.5. The summed E-state index contributed by atoms with van der Waals surface area (Å²) >= 11 is 0. The molecule has 0 amide bonds. The highest BCUT2D eigenvalue weighted by Gasteiger charge is 2.26. The van der Waals surface area contributed by atoms with E-state index in [0.717, 1.165) is 37.5 Å². The number of hydrogen-bond donors (Lipinski definition) is 1. The van der Waals surface area contributed by atoms with Crippen LogP contribution in [0.4, 0.5) is 0 Å². The zero-order chi connectivity index (χ0) is 16.1. The number of nitriles is 1. The predicted molar refractivity (Wildman–Crippen MR) is 107 cm³/mol. The molecule has 0 saturated carbocycles. The van der Waals surface area contributed by atoms with Crippen molar-refractivity contribution < 1.29 is 4.74 Å². The van der Waals surface area contributed by atoms with Crippen molar-refractivity contribution in [2.45, 2.75) is 19.4 Å². The molecule has 0 radical (unpaired) electrons. The van der Waals surface area contributed by atoms with Crippen LogP contribution in [0, 0.1) is 11.3 Å². The van der Waals surface area contributed by atoms with Gasteiger partial charge in [-0.15, -0.1) is 24.8 Å². The number of benzene rings is 2. The summed E-state index contributed by atoms with van der Waals surface area (Å²) in [5, 5.41) is 15.2. The average molecular weight is 382 g/mol. The van der Waals surface area contributed by atoms with E-state index in [1.807, 2.05) is 13.0 Å². The zero-order valence-corrected chi connectivity index (χ0v) is 16.0.